The van der Waals surface area contributed by atoms with Gasteiger partial charge in [0.15, 0.2) is 5.82 Å². The van der Waals surface area contributed by atoms with Crippen LogP contribution in [0.15, 0.2) is 53.7 Å². The highest BCUT2D eigenvalue weighted by Gasteiger charge is 2.09. The second-order valence-corrected chi connectivity index (χ2v) is 5.85. The molecule has 8 heteroatoms. The lowest BCUT2D eigenvalue weighted by atomic mass is 10.2. The first kappa shape index (κ1) is 16.0. The fourth-order valence-electron chi connectivity index (χ4n) is 2.10. The van der Waals surface area contributed by atoms with Crippen LogP contribution in [0, 0.1) is 10.1 Å². The molecule has 3 rings (SSSR count). The molecule has 2 aromatic carbocycles. The molecule has 0 unspecified atom stereocenters. The van der Waals surface area contributed by atoms with Crippen LogP contribution in [-0.2, 0) is 5.75 Å². The van der Waals surface area contributed by atoms with Crippen LogP contribution in [0.3, 0.4) is 0 Å². The molecule has 0 fully saturated rings. The molecule has 0 saturated heterocycles. The summed E-state index contributed by atoms with van der Waals surface area (Å²) in [6, 6.07) is 14.1. The van der Waals surface area contributed by atoms with Crippen LogP contribution in [-0.4, -0.2) is 27.2 Å². The number of aromatic amines is 1. The molecule has 0 aliphatic carbocycles. The van der Waals surface area contributed by atoms with E-state index in [0.717, 1.165) is 16.9 Å². The molecule has 7 nitrogen and oxygen atoms in total. The van der Waals surface area contributed by atoms with Gasteiger partial charge >= 0.3 is 0 Å². The Hall–Kier alpha value is -2.87. The number of nitrogens with one attached hydrogen (secondary N) is 1. The average molecular weight is 342 g/mol. The predicted molar refractivity (Wildman–Crippen MR) is 91.0 cm³/mol. The van der Waals surface area contributed by atoms with Gasteiger partial charge in [-0.25, -0.2) is 4.98 Å². The molecule has 3 aromatic rings. The molecule has 1 aromatic heterocycles. The highest BCUT2D eigenvalue weighted by atomic mass is 32.2. The van der Waals surface area contributed by atoms with E-state index in [-0.39, 0.29) is 5.69 Å². The van der Waals surface area contributed by atoms with Crippen molar-refractivity contribution in [3.8, 4) is 17.1 Å². The maximum absolute atomic E-state index is 10.8. The minimum Gasteiger partial charge on any atom is -0.497 e. The molecule has 0 bridgehead atoms. The van der Waals surface area contributed by atoms with Gasteiger partial charge in [0.2, 0.25) is 5.16 Å². The number of ether oxygens (including phenoxy) is 1. The molecule has 24 heavy (non-hydrogen) atoms. The van der Waals surface area contributed by atoms with Gasteiger partial charge in [-0.15, -0.1) is 5.10 Å². The highest BCUT2D eigenvalue weighted by molar-refractivity contribution is 7.98. The SMILES string of the molecule is COc1ccc(-c2nc(SCc3cccc([N+](=O)[O-])c3)n[nH]2)cc1. The number of hydrogen-bond acceptors (Lipinski definition) is 6. The standard InChI is InChI=1S/C16H14N4O3S/c1-23-14-7-5-12(6-8-14)15-17-16(19-18-15)24-10-11-3-2-4-13(9-11)20(21)22/h2-9H,10H2,1H3,(H,17,18,19). The summed E-state index contributed by atoms with van der Waals surface area (Å²) in [6.45, 7) is 0. The van der Waals surface area contributed by atoms with E-state index < -0.39 is 4.92 Å². The number of aromatic nitrogens is 3. The van der Waals surface area contributed by atoms with Crippen LogP contribution < -0.4 is 4.74 Å². The van der Waals surface area contributed by atoms with Crippen molar-refractivity contribution in [3.63, 3.8) is 0 Å². The molecular formula is C16H14N4O3S. The first-order chi connectivity index (χ1) is 11.7. The largest absolute Gasteiger partial charge is 0.497 e. The molecular weight excluding hydrogens is 328 g/mol. The van der Waals surface area contributed by atoms with Crippen molar-refractivity contribution in [2.45, 2.75) is 10.9 Å². The van der Waals surface area contributed by atoms with Crippen molar-refractivity contribution in [2.24, 2.45) is 0 Å². The third-order valence-electron chi connectivity index (χ3n) is 3.32. The third kappa shape index (κ3) is 3.72. The molecule has 0 atom stereocenters. The summed E-state index contributed by atoms with van der Waals surface area (Å²) in [4.78, 5) is 14.8. The van der Waals surface area contributed by atoms with Crippen LogP contribution >= 0.6 is 11.8 Å². The smallest absolute Gasteiger partial charge is 0.269 e. The topological polar surface area (TPSA) is 93.9 Å². The lowest BCUT2D eigenvalue weighted by Crippen LogP contribution is -1.89. The van der Waals surface area contributed by atoms with Crippen molar-refractivity contribution < 1.29 is 9.66 Å². The lowest BCUT2D eigenvalue weighted by Gasteiger charge is -2.00. The van der Waals surface area contributed by atoms with E-state index in [1.807, 2.05) is 30.3 Å². The van der Waals surface area contributed by atoms with E-state index in [9.17, 15) is 10.1 Å². The number of hydrogen-bond donors (Lipinski definition) is 1. The van der Waals surface area contributed by atoms with Gasteiger partial charge in [-0.05, 0) is 29.8 Å². The number of H-pyrrole nitrogens is 1. The zero-order chi connectivity index (χ0) is 16.9. The van der Waals surface area contributed by atoms with E-state index in [0.29, 0.717) is 16.7 Å². The Labute approximate surface area is 142 Å². The van der Waals surface area contributed by atoms with Crippen molar-refractivity contribution in [1.29, 1.82) is 0 Å². The van der Waals surface area contributed by atoms with Gasteiger partial charge in [0.25, 0.3) is 5.69 Å². The number of nitro benzene ring substituents is 1. The fraction of sp³-hybridized carbons (Fsp3) is 0.125. The van der Waals surface area contributed by atoms with Crippen LogP contribution in [0.25, 0.3) is 11.4 Å². The Morgan fingerprint density at radius 2 is 2.04 bits per heavy atom. The zero-order valence-electron chi connectivity index (χ0n) is 12.8. The Morgan fingerprint density at radius 1 is 1.25 bits per heavy atom. The van der Waals surface area contributed by atoms with Gasteiger partial charge in [-0.2, -0.15) is 0 Å². The quantitative estimate of drug-likeness (QED) is 0.417. The summed E-state index contributed by atoms with van der Waals surface area (Å²) >= 11 is 1.42. The van der Waals surface area contributed by atoms with Crippen LogP contribution in [0.4, 0.5) is 5.69 Å². The zero-order valence-corrected chi connectivity index (χ0v) is 13.6. The van der Waals surface area contributed by atoms with Crippen molar-refractivity contribution >= 4 is 17.4 Å². The summed E-state index contributed by atoms with van der Waals surface area (Å²) in [7, 11) is 1.62. The fourth-order valence-corrected chi connectivity index (χ4v) is 2.84. The summed E-state index contributed by atoms with van der Waals surface area (Å²) in [5, 5.41) is 18.4. The number of rotatable bonds is 6. The van der Waals surface area contributed by atoms with Crippen molar-refractivity contribution in [2.75, 3.05) is 7.11 Å². The molecule has 0 saturated carbocycles. The molecule has 0 amide bonds. The van der Waals surface area contributed by atoms with Crippen LogP contribution in [0.2, 0.25) is 0 Å². The van der Waals surface area contributed by atoms with Gasteiger partial charge in [0.05, 0.1) is 12.0 Å². The minimum absolute atomic E-state index is 0.0852. The lowest BCUT2D eigenvalue weighted by molar-refractivity contribution is -0.384. The summed E-state index contributed by atoms with van der Waals surface area (Å²) in [6.07, 6.45) is 0. The van der Waals surface area contributed by atoms with Gasteiger partial charge < -0.3 is 4.74 Å². The summed E-state index contributed by atoms with van der Waals surface area (Å²) in [5.74, 6) is 2.00. The second kappa shape index (κ2) is 7.14. The molecule has 1 N–H and O–H groups in total. The number of nitrogens with zero attached hydrogens (tertiary/aromatic N) is 3. The third-order valence-corrected chi connectivity index (χ3v) is 4.24. The maximum Gasteiger partial charge on any atom is 0.269 e. The predicted octanol–water partition coefficient (Wildman–Crippen LogP) is 3.68. The average Bonchev–Trinajstić information content (AvgIpc) is 3.09. The van der Waals surface area contributed by atoms with Gasteiger partial charge in [-0.3, -0.25) is 15.2 Å². The number of nitro groups is 1. The highest BCUT2D eigenvalue weighted by Crippen LogP contribution is 2.25. The first-order valence-electron chi connectivity index (χ1n) is 7.08. The molecule has 122 valence electrons. The summed E-state index contributed by atoms with van der Waals surface area (Å²) < 4.78 is 5.13. The van der Waals surface area contributed by atoms with Crippen LogP contribution in [0.1, 0.15) is 5.56 Å². The molecule has 0 radical (unpaired) electrons. The Morgan fingerprint density at radius 3 is 2.75 bits per heavy atom. The van der Waals surface area contributed by atoms with E-state index >= 15 is 0 Å². The number of thioether (sulfide) groups is 1. The second-order valence-electron chi connectivity index (χ2n) is 4.91. The van der Waals surface area contributed by atoms with E-state index in [1.165, 1.54) is 17.8 Å². The monoisotopic (exact) mass is 342 g/mol. The molecule has 1 heterocycles. The maximum atomic E-state index is 10.8. The number of benzene rings is 2. The van der Waals surface area contributed by atoms with E-state index in [1.54, 1.807) is 19.2 Å². The van der Waals surface area contributed by atoms with Crippen LogP contribution in [0.5, 0.6) is 5.75 Å². The summed E-state index contributed by atoms with van der Waals surface area (Å²) in [5.41, 5.74) is 1.84. The van der Waals surface area contributed by atoms with Gasteiger partial charge in [-0.1, -0.05) is 23.9 Å². The van der Waals surface area contributed by atoms with Gasteiger partial charge in [0.1, 0.15) is 5.75 Å². The molecule has 0 aliphatic heterocycles. The van der Waals surface area contributed by atoms with E-state index in [4.69, 9.17) is 4.74 Å². The molecule has 0 spiro atoms. The molecule has 0 aliphatic rings. The number of non-ortho nitro benzene ring substituents is 1. The Kier molecular flexibility index (Phi) is 4.76. The van der Waals surface area contributed by atoms with Gasteiger partial charge in [0, 0.05) is 23.4 Å². The van der Waals surface area contributed by atoms with Crippen molar-refractivity contribution in [3.05, 3.63) is 64.2 Å². The normalized spacial score (nSPS) is 10.5. The Bertz CT molecular complexity index is 849. The van der Waals surface area contributed by atoms with Crippen molar-refractivity contribution in [1.82, 2.24) is 15.2 Å². The minimum atomic E-state index is -0.400. The Balaban J connectivity index is 1.67. The first-order valence-corrected chi connectivity index (χ1v) is 8.07. The van der Waals surface area contributed by atoms with E-state index in [2.05, 4.69) is 15.2 Å². The number of methoxy groups -OCH3 is 1.